The predicted molar refractivity (Wildman–Crippen MR) is 72.1 cm³/mol. The van der Waals surface area contributed by atoms with Crippen molar-refractivity contribution < 1.29 is 4.79 Å². The second kappa shape index (κ2) is 5.89. The van der Waals surface area contributed by atoms with Crippen LogP contribution in [-0.2, 0) is 11.3 Å². The number of nitrogens with zero attached hydrogens (tertiary/aromatic N) is 2. The van der Waals surface area contributed by atoms with Crippen LogP contribution in [0.5, 0.6) is 0 Å². The van der Waals surface area contributed by atoms with E-state index in [0.29, 0.717) is 17.4 Å². The molecule has 0 unspecified atom stereocenters. The SMILES string of the molecule is O=C(CCl)Nc1ccnn1Cc1ccccc1Cl. The number of rotatable bonds is 4. The monoisotopic (exact) mass is 283 g/mol. The molecule has 2 aromatic rings. The Morgan fingerprint density at radius 3 is 2.83 bits per heavy atom. The first kappa shape index (κ1) is 12.9. The Morgan fingerprint density at radius 1 is 1.33 bits per heavy atom. The second-order valence-electron chi connectivity index (χ2n) is 3.65. The molecule has 0 aliphatic rings. The molecule has 0 bridgehead atoms. The standard InChI is InChI=1S/C12H11Cl2N3O/c13-7-12(18)16-11-5-6-15-17(11)8-9-3-1-2-4-10(9)14/h1-6H,7-8H2,(H,16,18). The fourth-order valence-corrected chi connectivity index (χ4v) is 1.79. The van der Waals surface area contributed by atoms with Crippen molar-refractivity contribution in [3.63, 3.8) is 0 Å². The lowest BCUT2D eigenvalue weighted by atomic mass is 10.2. The normalized spacial score (nSPS) is 10.3. The molecular formula is C12H11Cl2N3O. The highest BCUT2D eigenvalue weighted by Crippen LogP contribution is 2.18. The molecule has 94 valence electrons. The van der Waals surface area contributed by atoms with Crippen LogP contribution < -0.4 is 5.32 Å². The summed E-state index contributed by atoms with van der Waals surface area (Å²) in [6, 6.07) is 9.21. The van der Waals surface area contributed by atoms with Gasteiger partial charge in [-0.25, -0.2) is 4.68 Å². The number of benzene rings is 1. The molecule has 1 aromatic heterocycles. The molecule has 0 aliphatic carbocycles. The number of anilines is 1. The molecule has 0 atom stereocenters. The van der Waals surface area contributed by atoms with Gasteiger partial charge in [0.05, 0.1) is 12.7 Å². The topological polar surface area (TPSA) is 46.9 Å². The zero-order valence-electron chi connectivity index (χ0n) is 9.44. The minimum Gasteiger partial charge on any atom is -0.310 e. The van der Waals surface area contributed by atoms with E-state index in [1.165, 1.54) is 0 Å². The van der Waals surface area contributed by atoms with Crippen molar-refractivity contribution in [2.75, 3.05) is 11.2 Å². The summed E-state index contributed by atoms with van der Waals surface area (Å²) in [4.78, 5) is 11.2. The van der Waals surface area contributed by atoms with E-state index in [-0.39, 0.29) is 11.8 Å². The molecule has 1 heterocycles. The summed E-state index contributed by atoms with van der Waals surface area (Å²) >= 11 is 11.5. The van der Waals surface area contributed by atoms with E-state index in [2.05, 4.69) is 10.4 Å². The molecule has 2 rings (SSSR count). The van der Waals surface area contributed by atoms with Gasteiger partial charge in [-0.3, -0.25) is 4.79 Å². The largest absolute Gasteiger partial charge is 0.310 e. The number of carbonyl (C=O) groups is 1. The van der Waals surface area contributed by atoms with Crippen LogP contribution in [0.25, 0.3) is 0 Å². The number of carbonyl (C=O) groups excluding carboxylic acids is 1. The molecule has 1 amide bonds. The highest BCUT2D eigenvalue weighted by Gasteiger charge is 2.08. The third-order valence-corrected chi connectivity index (χ3v) is 2.99. The number of hydrogen-bond acceptors (Lipinski definition) is 2. The molecule has 4 nitrogen and oxygen atoms in total. The van der Waals surface area contributed by atoms with Gasteiger partial charge >= 0.3 is 0 Å². The fraction of sp³-hybridized carbons (Fsp3) is 0.167. The van der Waals surface area contributed by atoms with Crippen molar-refractivity contribution in [1.29, 1.82) is 0 Å². The zero-order chi connectivity index (χ0) is 13.0. The molecule has 0 saturated heterocycles. The van der Waals surface area contributed by atoms with Crippen LogP contribution in [-0.4, -0.2) is 21.6 Å². The maximum Gasteiger partial charge on any atom is 0.240 e. The van der Waals surface area contributed by atoms with Gasteiger partial charge in [0.25, 0.3) is 0 Å². The van der Waals surface area contributed by atoms with Gasteiger partial charge in [0.2, 0.25) is 5.91 Å². The first-order chi connectivity index (χ1) is 8.70. The van der Waals surface area contributed by atoms with E-state index in [9.17, 15) is 4.79 Å². The fourth-order valence-electron chi connectivity index (χ4n) is 1.53. The first-order valence-electron chi connectivity index (χ1n) is 5.31. The lowest BCUT2D eigenvalue weighted by molar-refractivity contribution is -0.114. The number of hydrogen-bond donors (Lipinski definition) is 1. The molecule has 0 spiro atoms. The van der Waals surface area contributed by atoms with Crippen LogP contribution in [0.1, 0.15) is 5.56 Å². The smallest absolute Gasteiger partial charge is 0.240 e. The van der Waals surface area contributed by atoms with Crippen molar-refractivity contribution in [3.8, 4) is 0 Å². The van der Waals surface area contributed by atoms with E-state index in [1.54, 1.807) is 16.9 Å². The summed E-state index contributed by atoms with van der Waals surface area (Å²) in [5.74, 6) is 0.246. The maximum absolute atomic E-state index is 11.2. The van der Waals surface area contributed by atoms with Gasteiger partial charge in [-0.15, -0.1) is 11.6 Å². The molecule has 1 aromatic carbocycles. The average molecular weight is 284 g/mol. The van der Waals surface area contributed by atoms with E-state index in [0.717, 1.165) is 5.56 Å². The average Bonchev–Trinajstić information content (AvgIpc) is 2.79. The summed E-state index contributed by atoms with van der Waals surface area (Å²) in [6.07, 6.45) is 1.61. The van der Waals surface area contributed by atoms with Gasteiger partial charge in [0, 0.05) is 11.1 Å². The Bertz CT molecular complexity index is 554. The van der Waals surface area contributed by atoms with Gasteiger partial charge in [-0.1, -0.05) is 29.8 Å². The van der Waals surface area contributed by atoms with Crippen LogP contribution >= 0.6 is 23.2 Å². The number of halogens is 2. The third kappa shape index (κ3) is 3.03. The van der Waals surface area contributed by atoms with E-state index < -0.39 is 0 Å². The van der Waals surface area contributed by atoms with E-state index in [4.69, 9.17) is 23.2 Å². The van der Waals surface area contributed by atoms with Crippen molar-refractivity contribution in [2.24, 2.45) is 0 Å². The molecule has 0 saturated carbocycles. The highest BCUT2D eigenvalue weighted by atomic mass is 35.5. The lowest BCUT2D eigenvalue weighted by Gasteiger charge is -2.09. The Kier molecular flexibility index (Phi) is 4.23. The summed E-state index contributed by atoms with van der Waals surface area (Å²) in [5, 5.41) is 7.48. The molecular weight excluding hydrogens is 273 g/mol. The Labute approximate surface area is 115 Å². The van der Waals surface area contributed by atoms with Crippen molar-refractivity contribution in [3.05, 3.63) is 47.1 Å². The minimum absolute atomic E-state index is 0.0860. The van der Waals surface area contributed by atoms with Crippen molar-refractivity contribution in [1.82, 2.24) is 9.78 Å². The third-order valence-electron chi connectivity index (χ3n) is 2.38. The number of aromatic nitrogens is 2. The molecule has 6 heteroatoms. The van der Waals surface area contributed by atoms with E-state index >= 15 is 0 Å². The van der Waals surface area contributed by atoms with Crippen LogP contribution in [0.2, 0.25) is 5.02 Å². The molecule has 0 radical (unpaired) electrons. The van der Waals surface area contributed by atoms with E-state index in [1.807, 2.05) is 24.3 Å². The van der Waals surface area contributed by atoms with Gasteiger partial charge in [-0.05, 0) is 11.6 Å². The number of nitrogens with one attached hydrogen (secondary N) is 1. The highest BCUT2D eigenvalue weighted by molar-refractivity contribution is 6.31. The van der Waals surface area contributed by atoms with Crippen LogP contribution in [0.15, 0.2) is 36.5 Å². The van der Waals surface area contributed by atoms with Crippen LogP contribution in [0.4, 0.5) is 5.82 Å². The molecule has 1 N–H and O–H groups in total. The van der Waals surface area contributed by atoms with Gasteiger partial charge in [0.1, 0.15) is 11.7 Å². The number of amides is 1. The Hall–Kier alpha value is -1.52. The predicted octanol–water partition coefficient (Wildman–Crippen LogP) is 2.76. The van der Waals surface area contributed by atoms with Crippen LogP contribution in [0.3, 0.4) is 0 Å². The molecule has 18 heavy (non-hydrogen) atoms. The summed E-state index contributed by atoms with van der Waals surface area (Å²) in [6.45, 7) is 0.491. The number of alkyl halides is 1. The van der Waals surface area contributed by atoms with Gasteiger partial charge in [0.15, 0.2) is 0 Å². The molecule has 0 fully saturated rings. The quantitative estimate of drug-likeness (QED) is 0.877. The summed E-state index contributed by atoms with van der Waals surface area (Å²) in [5.41, 5.74) is 0.934. The van der Waals surface area contributed by atoms with Gasteiger partial charge < -0.3 is 5.32 Å². The lowest BCUT2D eigenvalue weighted by Crippen LogP contribution is -2.16. The second-order valence-corrected chi connectivity index (χ2v) is 4.32. The van der Waals surface area contributed by atoms with Crippen LogP contribution in [0, 0.1) is 0 Å². The van der Waals surface area contributed by atoms with Gasteiger partial charge in [-0.2, -0.15) is 5.10 Å². The zero-order valence-corrected chi connectivity index (χ0v) is 10.9. The maximum atomic E-state index is 11.2. The van der Waals surface area contributed by atoms with Crippen molar-refractivity contribution in [2.45, 2.75) is 6.54 Å². The Morgan fingerprint density at radius 2 is 2.11 bits per heavy atom. The minimum atomic E-state index is -0.266. The summed E-state index contributed by atoms with van der Waals surface area (Å²) in [7, 11) is 0. The molecule has 0 aliphatic heterocycles. The summed E-state index contributed by atoms with van der Waals surface area (Å²) < 4.78 is 1.66. The first-order valence-corrected chi connectivity index (χ1v) is 6.23. The van der Waals surface area contributed by atoms with Crippen molar-refractivity contribution >= 4 is 34.9 Å². The Balaban J connectivity index is 2.18.